The van der Waals surface area contributed by atoms with Crippen LogP contribution in [0.25, 0.3) is 0 Å². The lowest BCUT2D eigenvalue weighted by molar-refractivity contribution is -0.131. The van der Waals surface area contributed by atoms with Crippen molar-refractivity contribution in [2.45, 2.75) is 38.5 Å². The summed E-state index contributed by atoms with van der Waals surface area (Å²) in [6.07, 6.45) is 2.59. The Hall–Kier alpha value is -1.07. The van der Waals surface area contributed by atoms with Gasteiger partial charge in [-0.2, -0.15) is 11.8 Å². The van der Waals surface area contributed by atoms with E-state index in [0.717, 1.165) is 12.2 Å². The van der Waals surface area contributed by atoms with Crippen LogP contribution in [0.4, 0.5) is 4.39 Å². The summed E-state index contributed by atoms with van der Waals surface area (Å²) in [5, 5.41) is 3.20. The number of nitrogens with zero attached hydrogens (tertiary/aromatic N) is 1. The SMILES string of the molecule is CSCCC(C)N1C(=O)C(C)NC1c1ccccc1F. The van der Waals surface area contributed by atoms with Crippen LogP contribution in [-0.2, 0) is 4.79 Å². The first kappa shape index (κ1) is 15.3. The van der Waals surface area contributed by atoms with Gasteiger partial charge in [0.25, 0.3) is 0 Å². The van der Waals surface area contributed by atoms with Crippen molar-refractivity contribution in [3.8, 4) is 0 Å². The molecular formula is C15H21FN2OS. The fourth-order valence-corrected chi connectivity index (χ4v) is 3.15. The molecule has 110 valence electrons. The maximum atomic E-state index is 14.0. The number of hydrogen-bond donors (Lipinski definition) is 1. The monoisotopic (exact) mass is 296 g/mol. The zero-order chi connectivity index (χ0) is 14.7. The van der Waals surface area contributed by atoms with Crippen molar-refractivity contribution in [3.05, 3.63) is 35.6 Å². The molecule has 5 heteroatoms. The molecule has 0 bridgehead atoms. The van der Waals surface area contributed by atoms with Crippen LogP contribution in [0.1, 0.15) is 32.0 Å². The van der Waals surface area contributed by atoms with Crippen LogP contribution >= 0.6 is 11.8 Å². The maximum Gasteiger partial charge on any atom is 0.241 e. The van der Waals surface area contributed by atoms with E-state index in [1.54, 1.807) is 34.9 Å². The van der Waals surface area contributed by atoms with E-state index >= 15 is 0 Å². The fraction of sp³-hybridized carbons (Fsp3) is 0.533. The molecule has 0 aliphatic carbocycles. The topological polar surface area (TPSA) is 32.3 Å². The third-order valence-corrected chi connectivity index (χ3v) is 4.37. The molecule has 3 nitrogen and oxygen atoms in total. The van der Waals surface area contributed by atoms with Gasteiger partial charge < -0.3 is 4.90 Å². The Morgan fingerprint density at radius 2 is 2.15 bits per heavy atom. The summed E-state index contributed by atoms with van der Waals surface area (Å²) in [6, 6.07) is 6.48. The highest BCUT2D eigenvalue weighted by Gasteiger charge is 2.40. The Balaban J connectivity index is 2.26. The number of rotatable bonds is 5. The second kappa shape index (κ2) is 6.59. The normalized spacial score (nSPS) is 24.2. The predicted octanol–water partition coefficient (Wildman–Crippen LogP) is 2.79. The minimum atomic E-state index is -0.365. The van der Waals surface area contributed by atoms with Gasteiger partial charge in [-0.1, -0.05) is 18.2 Å². The molecule has 3 unspecified atom stereocenters. The molecule has 20 heavy (non-hydrogen) atoms. The van der Waals surface area contributed by atoms with Gasteiger partial charge in [-0.05, 0) is 38.3 Å². The Labute approximate surface area is 123 Å². The molecule has 0 spiro atoms. The highest BCUT2D eigenvalue weighted by Crippen LogP contribution is 2.30. The first-order valence-corrected chi connectivity index (χ1v) is 8.27. The molecule has 0 radical (unpaired) electrons. The van der Waals surface area contributed by atoms with Crippen LogP contribution in [-0.4, -0.2) is 34.9 Å². The van der Waals surface area contributed by atoms with Crippen molar-refractivity contribution < 1.29 is 9.18 Å². The standard InChI is InChI=1S/C15H21FN2OS/c1-10(8-9-20-3)18-14(17-11(2)15(18)19)12-6-4-5-7-13(12)16/h4-7,10-11,14,17H,8-9H2,1-3H3. The number of halogens is 1. The van der Waals surface area contributed by atoms with Crippen molar-refractivity contribution in [2.24, 2.45) is 0 Å². The van der Waals surface area contributed by atoms with Gasteiger partial charge in [0.1, 0.15) is 12.0 Å². The Morgan fingerprint density at radius 3 is 2.80 bits per heavy atom. The van der Waals surface area contributed by atoms with Gasteiger partial charge in [0.15, 0.2) is 0 Å². The van der Waals surface area contributed by atoms with Crippen LogP contribution < -0.4 is 5.32 Å². The maximum absolute atomic E-state index is 14.0. The van der Waals surface area contributed by atoms with Crippen LogP contribution in [0.5, 0.6) is 0 Å². The minimum Gasteiger partial charge on any atom is -0.319 e. The average Bonchev–Trinajstić information content (AvgIpc) is 2.73. The summed E-state index contributed by atoms with van der Waals surface area (Å²) in [5.41, 5.74) is 0.543. The molecule has 0 aromatic heterocycles. The Morgan fingerprint density at radius 1 is 1.45 bits per heavy atom. The molecule has 1 aliphatic heterocycles. The number of carbonyl (C=O) groups is 1. The largest absolute Gasteiger partial charge is 0.319 e. The molecule has 1 aromatic rings. The van der Waals surface area contributed by atoms with Crippen LogP contribution in [0, 0.1) is 5.82 Å². The molecule has 1 amide bonds. The minimum absolute atomic E-state index is 0.0480. The molecular weight excluding hydrogens is 275 g/mol. The van der Waals surface area contributed by atoms with E-state index in [-0.39, 0.29) is 30.0 Å². The van der Waals surface area contributed by atoms with E-state index in [0.29, 0.717) is 5.56 Å². The predicted molar refractivity (Wildman–Crippen MR) is 81.0 cm³/mol. The molecule has 0 saturated carbocycles. The number of benzene rings is 1. The summed E-state index contributed by atoms with van der Waals surface area (Å²) in [5.74, 6) is 0.768. The van der Waals surface area contributed by atoms with Crippen molar-refractivity contribution in [2.75, 3.05) is 12.0 Å². The van der Waals surface area contributed by atoms with Gasteiger partial charge in [0, 0.05) is 11.6 Å². The van der Waals surface area contributed by atoms with Gasteiger partial charge in [-0.3, -0.25) is 10.1 Å². The number of nitrogens with one attached hydrogen (secondary N) is 1. The molecule has 1 aromatic carbocycles. The lowest BCUT2D eigenvalue weighted by Crippen LogP contribution is -2.39. The van der Waals surface area contributed by atoms with Crippen molar-refractivity contribution in [3.63, 3.8) is 0 Å². The lowest BCUT2D eigenvalue weighted by atomic mass is 10.1. The third-order valence-electron chi connectivity index (χ3n) is 3.73. The van der Waals surface area contributed by atoms with Crippen LogP contribution in [0.3, 0.4) is 0 Å². The van der Waals surface area contributed by atoms with E-state index in [4.69, 9.17) is 0 Å². The zero-order valence-corrected chi connectivity index (χ0v) is 12.9. The van der Waals surface area contributed by atoms with E-state index in [9.17, 15) is 9.18 Å². The first-order valence-electron chi connectivity index (χ1n) is 6.88. The second-order valence-corrected chi connectivity index (χ2v) is 6.17. The number of amides is 1. The van der Waals surface area contributed by atoms with Crippen molar-refractivity contribution >= 4 is 17.7 Å². The molecule has 1 N–H and O–H groups in total. The highest BCUT2D eigenvalue weighted by atomic mass is 32.2. The molecule has 1 fully saturated rings. The Kier molecular flexibility index (Phi) is 5.05. The van der Waals surface area contributed by atoms with Gasteiger partial charge in [-0.15, -0.1) is 0 Å². The highest BCUT2D eigenvalue weighted by molar-refractivity contribution is 7.98. The summed E-state index contributed by atoms with van der Waals surface area (Å²) in [6.45, 7) is 3.86. The second-order valence-electron chi connectivity index (χ2n) is 5.19. The molecule has 1 aliphatic rings. The van der Waals surface area contributed by atoms with Gasteiger partial charge in [-0.25, -0.2) is 4.39 Å². The van der Waals surface area contributed by atoms with E-state index < -0.39 is 0 Å². The van der Waals surface area contributed by atoms with Crippen molar-refractivity contribution in [1.29, 1.82) is 0 Å². The zero-order valence-electron chi connectivity index (χ0n) is 12.1. The smallest absolute Gasteiger partial charge is 0.241 e. The third kappa shape index (κ3) is 2.99. The lowest BCUT2D eigenvalue weighted by Gasteiger charge is -2.30. The van der Waals surface area contributed by atoms with Gasteiger partial charge >= 0.3 is 0 Å². The van der Waals surface area contributed by atoms with Crippen molar-refractivity contribution in [1.82, 2.24) is 10.2 Å². The van der Waals surface area contributed by atoms with Gasteiger partial charge in [0.05, 0.1) is 6.04 Å². The fourth-order valence-electron chi connectivity index (χ4n) is 2.57. The summed E-state index contributed by atoms with van der Waals surface area (Å²) < 4.78 is 14.0. The molecule has 3 atom stereocenters. The van der Waals surface area contributed by atoms with E-state index in [1.165, 1.54) is 6.07 Å². The summed E-state index contributed by atoms with van der Waals surface area (Å²) >= 11 is 1.76. The Bertz CT molecular complexity index is 483. The molecule has 1 saturated heterocycles. The number of hydrogen-bond acceptors (Lipinski definition) is 3. The quantitative estimate of drug-likeness (QED) is 0.907. The summed E-state index contributed by atoms with van der Waals surface area (Å²) in [4.78, 5) is 14.1. The average molecular weight is 296 g/mol. The van der Waals surface area contributed by atoms with Gasteiger partial charge in [0.2, 0.25) is 5.91 Å². The van der Waals surface area contributed by atoms with Crippen LogP contribution in [0.15, 0.2) is 24.3 Å². The van der Waals surface area contributed by atoms with Crippen LogP contribution in [0.2, 0.25) is 0 Å². The number of carbonyl (C=O) groups excluding carboxylic acids is 1. The first-order chi connectivity index (χ1) is 9.56. The molecule has 1 heterocycles. The number of thioether (sulfide) groups is 1. The van der Waals surface area contributed by atoms with E-state index in [1.807, 2.05) is 20.1 Å². The van der Waals surface area contributed by atoms with E-state index in [2.05, 4.69) is 5.32 Å². The summed E-state index contributed by atoms with van der Waals surface area (Å²) in [7, 11) is 0. The molecule has 2 rings (SSSR count).